The van der Waals surface area contributed by atoms with Crippen molar-refractivity contribution in [3.05, 3.63) is 35.1 Å². The maximum absolute atomic E-state index is 11.9. The Hall–Kier alpha value is -2.61. The second kappa shape index (κ2) is 7.19. The van der Waals surface area contributed by atoms with E-state index in [-0.39, 0.29) is 29.3 Å². The molecule has 1 aliphatic carbocycles. The van der Waals surface area contributed by atoms with E-state index in [1.54, 1.807) is 10.9 Å². The standard InChI is InChI=1S/C17H20BN5O4/c19-6-10-4-5-26-9-14(10)23-7-12(16(20)24)17(22-23)21-13-3-1-2-11-8-27-18(25)15(11)13/h1,3,7,10-11,14,25H,2,4-5,8-9H2,(H2,20,24)(H,21,22)/t10-,11?,14+/m0/s1. The van der Waals surface area contributed by atoms with Gasteiger partial charge in [0.05, 0.1) is 24.6 Å². The van der Waals surface area contributed by atoms with Gasteiger partial charge in [-0.3, -0.25) is 9.48 Å². The van der Waals surface area contributed by atoms with Crippen LogP contribution in [0.1, 0.15) is 29.2 Å². The maximum atomic E-state index is 11.9. The smallest absolute Gasteiger partial charge is 0.423 e. The second-order valence-electron chi connectivity index (χ2n) is 6.92. The fourth-order valence-corrected chi connectivity index (χ4v) is 3.79. The number of hydrogen-bond donors (Lipinski definition) is 3. The van der Waals surface area contributed by atoms with E-state index in [1.807, 2.05) is 12.2 Å². The SMILES string of the molecule is N#C[C@@H]1CCOC[C@H]1n1cc(C(N)=O)c(NC2=C3B(O)OCC3CC=C2)n1. The lowest BCUT2D eigenvalue weighted by molar-refractivity contribution is 0.0342. The third kappa shape index (κ3) is 3.25. The van der Waals surface area contributed by atoms with E-state index in [0.29, 0.717) is 31.9 Å². The van der Waals surface area contributed by atoms with Crippen LogP contribution in [0.4, 0.5) is 5.82 Å². The summed E-state index contributed by atoms with van der Waals surface area (Å²) in [6, 6.07) is 1.99. The second-order valence-corrected chi connectivity index (χ2v) is 6.92. The monoisotopic (exact) mass is 369 g/mol. The molecule has 10 heteroatoms. The first-order valence-electron chi connectivity index (χ1n) is 8.92. The highest BCUT2D eigenvalue weighted by molar-refractivity contribution is 6.53. The molecule has 0 spiro atoms. The van der Waals surface area contributed by atoms with Crippen molar-refractivity contribution in [2.24, 2.45) is 17.6 Å². The lowest BCUT2D eigenvalue weighted by Gasteiger charge is -2.27. The minimum absolute atomic E-state index is 0.0985. The summed E-state index contributed by atoms with van der Waals surface area (Å²) in [4.78, 5) is 11.9. The maximum Gasteiger partial charge on any atom is 0.489 e. The van der Waals surface area contributed by atoms with Crippen LogP contribution in [0.15, 0.2) is 29.5 Å². The summed E-state index contributed by atoms with van der Waals surface area (Å²) >= 11 is 0. The molecule has 0 radical (unpaired) electrons. The summed E-state index contributed by atoms with van der Waals surface area (Å²) in [7, 11) is -0.976. The van der Waals surface area contributed by atoms with Gasteiger partial charge < -0.3 is 25.5 Å². The number of rotatable bonds is 4. The number of aromatic nitrogens is 2. The van der Waals surface area contributed by atoms with E-state index < -0.39 is 13.0 Å². The minimum atomic E-state index is -0.976. The highest BCUT2D eigenvalue weighted by Gasteiger charge is 2.38. The summed E-state index contributed by atoms with van der Waals surface area (Å²) in [5, 5.41) is 27.1. The fourth-order valence-electron chi connectivity index (χ4n) is 3.79. The number of nitrogens with two attached hydrogens (primary N) is 1. The molecule has 2 saturated heterocycles. The van der Waals surface area contributed by atoms with Gasteiger partial charge in [-0.1, -0.05) is 6.08 Å². The van der Waals surface area contributed by atoms with Gasteiger partial charge in [0, 0.05) is 31.0 Å². The predicted octanol–water partition coefficient (Wildman–Crippen LogP) is 0.375. The number of allylic oxidation sites excluding steroid dienone is 2. The van der Waals surface area contributed by atoms with E-state index in [4.69, 9.17) is 15.1 Å². The molecule has 4 rings (SSSR count). The van der Waals surface area contributed by atoms with Crippen molar-refractivity contribution in [3.8, 4) is 6.07 Å². The summed E-state index contributed by atoms with van der Waals surface area (Å²) in [5.41, 5.74) is 7.15. The van der Waals surface area contributed by atoms with Gasteiger partial charge in [-0.2, -0.15) is 10.4 Å². The average Bonchev–Trinajstić information content (AvgIpc) is 3.26. The molecule has 0 saturated carbocycles. The van der Waals surface area contributed by atoms with Gasteiger partial charge in [-0.25, -0.2) is 0 Å². The van der Waals surface area contributed by atoms with Crippen LogP contribution in [0.25, 0.3) is 0 Å². The van der Waals surface area contributed by atoms with Gasteiger partial charge in [-0.15, -0.1) is 0 Å². The topological polar surface area (TPSA) is 135 Å². The lowest BCUT2D eigenvalue weighted by atomic mass is 9.71. The van der Waals surface area contributed by atoms with Crippen molar-refractivity contribution < 1.29 is 19.2 Å². The van der Waals surface area contributed by atoms with Crippen LogP contribution in [0, 0.1) is 23.2 Å². The molecule has 2 fully saturated rings. The molecule has 0 aromatic carbocycles. The molecular formula is C17H20BN5O4. The molecule has 1 amide bonds. The van der Waals surface area contributed by atoms with Crippen LogP contribution in [0.2, 0.25) is 0 Å². The molecule has 9 nitrogen and oxygen atoms in total. The molecule has 4 N–H and O–H groups in total. The Kier molecular flexibility index (Phi) is 4.74. The molecule has 0 bridgehead atoms. The Labute approximate surface area is 156 Å². The van der Waals surface area contributed by atoms with Crippen LogP contribution in [-0.4, -0.2) is 47.7 Å². The van der Waals surface area contributed by atoms with Gasteiger partial charge in [0.15, 0.2) is 5.82 Å². The molecule has 2 aliphatic heterocycles. The van der Waals surface area contributed by atoms with Crippen LogP contribution < -0.4 is 11.1 Å². The molecule has 1 aromatic heterocycles. The Morgan fingerprint density at radius 3 is 3.15 bits per heavy atom. The number of anilines is 1. The van der Waals surface area contributed by atoms with E-state index in [1.165, 1.54) is 0 Å². The lowest BCUT2D eigenvalue weighted by Crippen LogP contribution is -2.29. The molecule has 3 aliphatic rings. The molecule has 140 valence electrons. The van der Waals surface area contributed by atoms with Gasteiger partial charge in [0.25, 0.3) is 5.91 Å². The number of carbonyl (C=O) groups is 1. The number of nitrogens with zero attached hydrogens (tertiary/aromatic N) is 3. The summed E-state index contributed by atoms with van der Waals surface area (Å²) < 4.78 is 12.4. The van der Waals surface area contributed by atoms with Crippen LogP contribution in [-0.2, 0) is 9.39 Å². The molecule has 27 heavy (non-hydrogen) atoms. The summed E-state index contributed by atoms with van der Waals surface area (Å²) in [5.74, 6) is -0.490. The highest BCUT2D eigenvalue weighted by Crippen LogP contribution is 2.34. The van der Waals surface area contributed by atoms with Crippen molar-refractivity contribution in [2.75, 3.05) is 25.1 Å². The molecule has 3 heterocycles. The number of ether oxygens (including phenoxy) is 1. The van der Waals surface area contributed by atoms with Crippen molar-refractivity contribution >= 4 is 18.8 Å². The number of nitriles is 1. The first-order valence-corrected chi connectivity index (χ1v) is 8.92. The number of carbonyl (C=O) groups excluding carboxylic acids is 1. The number of primary amides is 1. The van der Waals surface area contributed by atoms with Crippen molar-refractivity contribution in [1.82, 2.24) is 9.78 Å². The Morgan fingerprint density at radius 2 is 2.37 bits per heavy atom. The van der Waals surface area contributed by atoms with Gasteiger partial charge in [-0.05, 0) is 24.4 Å². The largest absolute Gasteiger partial charge is 0.489 e. The molecular weight excluding hydrogens is 349 g/mol. The Morgan fingerprint density at radius 1 is 1.52 bits per heavy atom. The van der Waals surface area contributed by atoms with Crippen molar-refractivity contribution in [2.45, 2.75) is 18.9 Å². The quantitative estimate of drug-likeness (QED) is 0.653. The number of hydrogen-bond acceptors (Lipinski definition) is 7. The zero-order chi connectivity index (χ0) is 19.0. The van der Waals surface area contributed by atoms with Crippen molar-refractivity contribution in [1.29, 1.82) is 5.26 Å². The van der Waals surface area contributed by atoms with Crippen molar-refractivity contribution in [3.63, 3.8) is 0 Å². The third-order valence-electron chi connectivity index (χ3n) is 5.26. The number of nitrogens with one attached hydrogen (secondary N) is 1. The Bertz CT molecular complexity index is 858. The van der Waals surface area contributed by atoms with E-state index in [2.05, 4.69) is 16.5 Å². The predicted molar refractivity (Wildman–Crippen MR) is 96.1 cm³/mol. The zero-order valence-corrected chi connectivity index (χ0v) is 14.7. The number of amides is 1. The first kappa shape index (κ1) is 17.8. The molecule has 3 atom stereocenters. The average molecular weight is 369 g/mol. The first-order chi connectivity index (χ1) is 13.1. The fraction of sp³-hybridized carbons (Fsp3) is 0.471. The molecule has 1 aromatic rings. The van der Waals surface area contributed by atoms with E-state index in [0.717, 1.165) is 11.9 Å². The van der Waals surface area contributed by atoms with E-state index >= 15 is 0 Å². The van der Waals surface area contributed by atoms with Crippen LogP contribution in [0.3, 0.4) is 0 Å². The highest BCUT2D eigenvalue weighted by atomic mass is 16.5. The molecule has 1 unspecified atom stereocenters. The minimum Gasteiger partial charge on any atom is -0.423 e. The number of fused-ring (bicyclic) bond motifs is 1. The van der Waals surface area contributed by atoms with Gasteiger partial charge in [0.2, 0.25) is 0 Å². The summed E-state index contributed by atoms with van der Waals surface area (Å²) in [6.45, 7) is 1.33. The van der Waals surface area contributed by atoms with Gasteiger partial charge in [0.1, 0.15) is 5.56 Å². The zero-order valence-electron chi connectivity index (χ0n) is 14.7. The summed E-state index contributed by atoms with van der Waals surface area (Å²) in [6.07, 6.45) is 6.77. The Balaban J connectivity index is 1.68. The van der Waals surface area contributed by atoms with E-state index in [9.17, 15) is 15.1 Å². The van der Waals surface area contributed by atoms with Crippen LogP contribution in [0.5, 0.6) is 0 Å². The van der Waals surface area contributed by atoms with Gasteiger partial charge >= 0.3 is 7.12 Å². The normalized spacial score (nSPS) is 27.4. The third-order valence-corrected chi connectivity index (χ3v) is 5.26. The van der Waals surface area contributed by atoms with Crippen LogP contribution >= 0.6 is 0 Å².